The van der Waals surface area contributed by atoms with Gasteiger partial charge in [0, 0.05) is 44.5 Å². The predicted octanol–water partition coefficient (Wildman–Crippen LogP) is 1.08. The number of rotatable bonds is 5. The smallest absolute Gasteiger partial charge is 0.120 e. The van der Waals surface area contributed by atoms with Crippen LogP contribution in [0, 0.1) is 23.7 Å². The van der Waals surface area contributed by atoms with Crippen molar-refractivity contribution in [1.82, 2.24) is 9.88 Å². The number of aliphatic hydroxyl groups excluding tert-OH is 1. The summed E-state index contributed by atoms with van der Waals surface area (Å²) >= 11 is 0. The molecule has 2 N–H and O–H groups in total. The quantitative estimate of drug-likeness (QED) is 0.845. The molecule has 1 aliphatic heterocycles. The molecule has 5 nitrogen and oxygen atoms in total. The summed E-state index contributed by atoms with van der Waals surface area (Å²) in [4.78, 5) is 0. The Kier molecular flexibility index (Phi) is 4.81. The molecule has 0 amide bonds. The van der Waals surface area contributed by atoms with Crippen LogP contribution < -0.4 is 5.32 Å². The van der Waals surface area contributed by atoms with Crippen LogP contribution in [-0.4, -0.2) is 36.0 Å². The minimum Gasteiger partial charge on any atom is -0.396 e. The van der Waals surface area contributed by atoms with Gasteiger partial charge >= 0.3 is 0 Å². The van der Waals surface area contributed by atoms with Crippen molar-refractivity contribution >= 4 is 0 Å². The van der Waals surface area contributed by atoms with E-state index in [2.05, 4.69) is 11.4 Å². The normalized spacial score (nSPS) is 17.9. The van der Waals surface area contributed by atoms with E-state index in [1.165, 1.54) is 0 Å². The molecule has 0 atom stereocenters. The summed E-state index contributed by atoms with van der Waals surface area (Å²) in [7, 11) is 1.91. The van der Waals surface area contributed by atoms with Gasteiger partial charge in [-0.2, -0.15) is 5.26 Å². The SMILES string of the molecule is Cc1c(CNCC2(CO)CCOCC2)cc(C#N)n1C. The molecule has 1 aliphatic rings. The third-order valence-corrected chi connectivity index (χ3v) is 4.46. The summed E-state index contributed by atoms with van der Waals surface area (Å²) in [6, 6.07) is 4.12. The Hall–Kier alpha value is -1.35. The molecule has 1 aromatic heterocycles. The van der Waals surface area contributed by atoms with Crippen molar-refractivity contribution in [3.05, 3.63) is 23.0 Å². The zero-order chi connectivity index (χ0) is 14.6. The van der Waals surface area contributed by atoms with Crippen molar-refractivity contribution in [2.45, 2.75) is 26.3 Å². The van der Waals surface area contributed by atoms with Crippen LogP contribution >= 0.6 is 0 Å². The Morgan fingerprint density at radius 2 is 2.20 bits per heavy atom. The molecular formula is C15H23N3O2. The maximum atomic E-state index is 9.64. The highest BCUT2D eigenvalue weighted by Gasteiger charge is 2.31. The van der Waals surface area contributed by atoms with E-state index in [0.29, 0.717) is 5.69 Å². The Morgan fingerprint density at radius 3 is 2.75 bits per heavy atom. The lowest BCUT2D eigenvalue weighted by atomic mass is 9.81. The second-order valence-corrected chi connectivity index (χ2v) is 5.69. The second-order valence-electron chi connectivity index (χ2n) is 5.69. The zero-order valence-corrected chi connectivity index (χ0v) is 12.3. The van der Waals surface area contributed by atoms with Gasteiger partial charge in [0.15, 0.2) is 0 Å². The fourth-order valence-corrected chi connectivity index (χ4v) is 2.71. The van der Waals surface area contributed by atoms with E-state index in [1.54, 1.807) is 0 Å². The lowest BCUT2D eigenvalue weighted by molar-refractivity contribution is -0.0154. The first-order valence-electron chi connectivity index (χ1n) is 7.06. The molecule has 0 radical (unpaired) electrons. The molecule has 5 heteroatoms. The number of ether oxygens (including phenoxy) is 1. The summed E-state index contributed by atoms with van der Waals surface area (Å²) < 4.78 is 7.28. The van der Waals surface area contributed by atoms with Gasteiger partial charge in [0.05, 0.1) is 6.61 Å². The zero-order valence-electron chi connectivity index (χ0n) is 12.3. The molecule has 2 rings (SSSR count). The van der Waals surface area contributed by atoms with E-state index < -0.39 is 0 Å². The fraction of sp³-hybridized carbons (Fsp3) is 0.667. The number of hydrogen-bond acceptors (Lipinski definition) is 4. The standard InChI is InChI=1S/C15H23N3O2/c1-12-13(7-14(8-16)18(12)2)9-17-10-15(11-19)3-5-20-6-4-15/h7,17,19H,3-6,9-11H2,1-2H3. The van der Waals surface area contributed by atoms with E-state index in [1.807, 2.05) is 24.6 Å². The molecule has 0 aliphatic carbocycles. The van der Waals surface area contributed by atoms with Crippen molar-refractivity contribution in [1.29, 1.82) is 5.26 Å². The van der Waals surface area contributed by atoms with Crippen LogP contribution in [0.15, 0.2) is 6.07 Å². The van der Waals surface area contributed by atoms with Crippen molar-refractivity contribution in [3.63, 3.8) is 0 Å². The molecule has 20 heavy (non-hydrogen) atoms. The van der Waals surface area contributed by atoms with E-state index >= 15 is 0 Å². The molecular weight excluding hydrogens is 254 g/mol. The largest absolute Gasteiger partial charge is 0.396 e. The number of nitriles is 1. The van der Waals surface area contributed by atoms with Crippen LogP contribution in [0.4, 0.5) is 0 Å². The number of nitrogens with zero attached hydrogens (tertiary/aromatic N) is 2. The van der Waals surface area contributed by atoms with Crippen molar-refractivity contribution in [2.24, 2.45) is 12.5 Å². The fourth-order valence-electron chi connectivity index (χ4n) is 2.71. The molecule has 0 saturated carbocycles. The highest BCUT2D eigenvalue weighted by molar-refractivity contribution is 5.34. The lowest BCUT2D eigenvalue weighted by Gasteiger charge is -2.35. The van der Waals surface area contributed by atoms with Crippen molar-refractivity contribution < 1.29 is 9.84 Å². The first kappa shape index (κ1) is 15.0. The van der Waals surface area contributed by atoms with Crippen LogP contribution in [0.1, 0.15) is 29.8 Å². The lowest BCUT2D eigenvalue weighted by Crippen LogP contribution is -2.41. The first-order chi connectivity index (χ1) is 9.62. The summed E-state index contributed by atoms with van der Waals surface area (Å²) in [6.45, 7) is 5.18. The second kappa shape index (κ2) is 6.40. The van der Waals surface area contributed by atoms with Crippen LogP contribution in [0.3, 0.4) is 0 Å². The number of nitrogens with one attached hydrogen (secondary N) is 1. The Labute approximate surface area is 120 Å². The van der Waals surface area contributed by atoms with Gasteiger partial charge in [0.25, 0.3) is 0 Å². The maximum absolute atomic E-state index is 9.64. The van der Waals surface area contributed by atoms with Gasteiger partial charge in [0.1, 0.15) is 11.8 Å². The van der Waals surface area contributed by atoms with Gasteiger partial charge in [0.2, 0.25) is 0 Å². The van der Waals surface area contributed by atoms with Crippen LogP contribution in [0.25, 0.3) is 0 Å². The first-order valence-corrected chi connectivity index (χ1v) is 7.06. The number of hydrogen-bond donors (Lipinski definition) is 2. The molecule has 1 saturated heterocycles. The van der Waals surface area contributed by atoms with Gasteiger partial charge in [-0.25, -0.2) is 0 Å². The third-order valence-electron chi connectivity index (χ3n) is 4.46. The maximum Gasteiger partial charge on any atom is 0.120 e. The molecule has 0 aromatic carbocycles. The third kappa shape index (κ3) is 3.04. The van der Waals surface area contributed by atoms with Gasteiger partial charge in [-0.15, -0.1) is 0 Å². The Morgan fingerprint density at radius 1 is 1.50 bits per heavy atom. The summed E-state index contributed by atoms with van der Waals surface area (Å²) in [6.07, 6.45) is 1.79. The molecule has 0 bridgehead atoms. The molecule has 0 unspecified atom stereocenters. The summed E-state index contributed by atoms with van der Waals surface area (Å²) in [5.41, 5.74) is 2.88. The van der Waals surface area contributed by atoms with E-state index in [-0.39, 0.29) is 12.0 Å². The highest BCUT2D eigenvalue weighted by atomic mass is 16.5. The van der Waals surface area contributed by atoms with Crippen molar-refractivity contribution in [3.8, 4) is 6.07 Å². The van der Waals surface area contributed by atoms with E-state index in [0.717, 1.165) is 50.4 Å². The van der Waals surface area contributed by atoms with Crippen LogP contribution in [-0.2, 0) is 18.3 Å². The average molecular weight is 277 g/mol. The van der Waals surface area contributed by atoms with E-state index in [4.69, 9.17) is 10.00 Å². The summed E-state index contributed by atoms with van der Waals surface area (Å²) in [5.74, 6) is 0. The predicted molar refractivity (Wildman–Crippen MR) is 76.1 cm³/mol. The topological polar surface area (TPSA) is 70.2 Å². The van der Waals surface area contributed by atoms with Gasteiger partial charge in [-0.1, -0.05) is 0 Å². The molecule has 1 aromatic rings. The van der Waals surface area contributed by atoms with Crippen LogP contribution in [0.5, 0.6) is 0 Å². The minimum atomic E-state index is -0.0566. The van der Waals surface area contributed by atoms with Crippen molar-refractivity contribution in [2.75, 3.05) is 26.4 Å². The monoisotopic (exact) mass is 277 g/mol. The van der Waals surface area contributed by atoms with Crippen LogP contribution in [0.2, 0.25) is 0 Å². The molecule has 0 spiro atoms. The van der Waals surface area contributed by atoms with Gasteiger partial charge < -0.3 is 19.7 Å². The Balaban J connectivity index is 1.94. The van der Waals surface area contributed by atoms with E-state index in [9.17, 15) is 5.11 Å². The average Bonchev–Trinajstić information content (AvgIpc) is 2.76. The molecule has 110 valence electrons. The minimum absolute atomic E-state index is 0.0566. The summed E-state index contributed by atoms with van der Waals surface area (Å²) in [5, 5.41) is 22.1. The Bertz CT molecular complexity index is 496. The highest BCUT2D eigenvalue weighted by Crippen LogP contribution is 2.29. The number of aliphatic hydroxyl groups is 1. The van der Waals surface area contributed by atoms with Gasteiger partial charge in [-0.05, 0) is 31.4 Å². The molecule has 2 heterocycles. The number of aromatic nitrogens is 1. The van der Waals surface area contributed by atoms with Gasteiger partial charge in [-0.3, -0.25) is 0 Å². The molecule has 1 fully saturated rings.